The average Bonchev–Trinajstić information content (AvgIpc) is 0.926. The summed E-state index contributed by atoms with van der Waals surface area (Å²) in [6.07, 6.45) is 85.4. The summed E-state index contributed by atoms with van der Waals surface area (Å²) in [4.78, 5) is 72.9. The van der Waals surface area contributed by atoms with Crippen LogP contribution in [0.4, 0.5) is 0 Å². The van der Waals surface area contributed by atoms with Crippen LogP contribution in [0.25, 0.3) is 0 Å². The van der Waals surface area contributed by atoms with E-state index in [-0.39, 0.29) is 25.7 Å². The number of phosphoric acid groups is 2. The van der Waals surface area contributed by atoms with Gasteiger partial charge in [-0.1, -0.05) is 269 Å². The number of aliphatic hydroxyl groups is 1. The Morgan fingerprint density at radius 3 is 0.853 bits per heavy atom. The molecule has 5 unspecified atom stereocenters. The maximum absolute atomic E-state index is 13.1. The fourth-order valence-electron chi connectivity index (χ4n) is 9.67. The first kappa shape index (κ1) is 96.7. The van der Waals surface area contributed by atoms with Crippen LogP contribution in [0.1, 0.15) is 285 Å². The number of carbonyl (C=O) groups is 4. The Labute approximate surface area is 617 Å². The fourth-order valence-corrected chi connectivity index (χ4v) is 11.2. The van der Waals surface area contributed by atoms with Gasteiger partial charge < -0.3 is 33.8 Å². The highest BCUT2D eigenvalue weighted by atomic mass is 31.2. The van der Waals surface area contributed by atoms with Crippen molar-refractivity contribution < 1.29 is 80.2 Å². The molecule has 0 saturated carbocycles. The molecular formula is C83H136O17P2. The minimum Gasteiger partial charge on any atom is -0.462 e. The van der Waals surface area contributed by atoms with Crippen LogP contribution in [0, 0.1) is 0 Å². The van der Waals surface area contributed by atoms with Gasteiger partial charge >= 0.3 is 39.5 Å². The van der Waals surface area contributed by atoms with Gasteiger partial charge in [-0.2, -0.15) is 0 Å². The van der Waals surface area contributed by atoms with Gasteiger partial charge in [0.2, 0.25) is 0 Å². The molecule has 0 fully saturated rings. The van der Waals surface area contributed by atoms with Gasteiger partial charge in [0.25, 0.3) is 0 Å². The Morgan fingerprint density at radius 2 is 0.529 bits per heavy atom. The Hall–Kier alpha value is -5.32. The van der Waals surface area contributed by atoms with E-state index in [1.54, 1.807) is 0 Å². The summed E-state index contributed by atoms with van der Waals surface area (Å²) >= 11 is 0. The molecule has 102 heavy (non-hydrogen) atoms. The van der Waals surface area contributed by atoms with Crippen molar-refractivity contribution in [2.24, 2.45) is 0 Å². The van der Waals surface area contributed by atoms with E-state index in [1.165, 1.54) is 6.42 Å². The lowest BCUT2D eigenvalue weighted by Crippen LogP contribution is -2.30. The molecule has 0 amide bonds. The molecular weight excluding hydrogens is 1330 g/mol. The molecule has 0 bridgehead atoms. The highest BCUT2D eigenvalue weighted by Gasteiger charge is 2.30. The first-order valence-electron chi connectivity index (χ1n) is 38.7. The van der Waals surface area contributed by atoms with Crippen LogP contribution in [0.3, 0.4) is 0 Å². The molecule has 0 aromatic rings. The summed E-state index contributed by atoms with van der Waals surface area (Å²) in [6, 6.07) is 0. The number of hydrogen-bond donors (Lipinski definition) is 3. The second kappa shape index (κ2) is 74.0. The zero-order chi connectivity index (χ0) is 74.6. The molecule has 0 aliphatic carbocycles. The van der Waals surface area contributed by atoms with Crippen LogP contribution in [0.2, 0.25) is 0 Å². The van der Waals surface area contributed by atoms with Crippen LogP contribution in [-0.4, -0.2) is 96.7 Å². The number of phosphoric ester groups is 2. The van der Waals surface area contributed by atoms with Gasteiger partial charge in [0, 0.05) is 25.7 Å². The smallest absolute Gasteiger partial charge is 0.462 e. The number of hydrogen-bond acceptors (Lipinski definition) is 15. The Balaban J connectivity index is 5.41. The SMILES string of the molecule is CC/C=C\C/C=C\C/C=C\C/C=C\C/C=C\C/C=C\CCC(=O)OCC(COP(=O)(O)OCC(O)COP(=O)(O)OCC(COC(=O)CCCCCCCCC/C=C\C/C=C\C/C=C\CC)OC(=O)CCCCCCC/C=C\C/C=C\C/C=C\CC)OC(=O)CCCCCCC/C=C\CCCC. The lowest BCUT2D eigenvalue weighted by atomic mass is 10.1. The number of ether oxygens (including phenoxy) is 4. The van der Waals surface area contributed by atoms with Crippen molar-refractivity contribution in [3.8, 4) is 0 Å². The zero-order valence-corrected chi connectivity index (χ0v) is 65.0. The number of carbonyl (C=O) groups excluding carboxylic acids is 4. The van der Waals surface area contributed by atoms with Crippen molar-refractivity contribution in [2.75, 3.05) is 39.6 Å². The first-order chi connectivity index (χ1) is 49.7. The molecule has 0 aromatic carbocycles. The molecule has 19 heteroatoms. The summed E-state index contributed by atoms with van der Waals surface area (Å²) in [7, 11) is -9.99. The van der Waals surface area contributed by atoms with Gasteiger partial charge in [-0.3, -0.25) is 37.3 Å². The molecule has 3 N–H and O–H groups in total. The summed E-state index contributed by atoms with van der Waals surface area (Å²) < 4.78 is 68.4. The van der Waals surface area contributed by atoms with E-state index in [0.717, 1.165) is 193 Å². The third kappa shape index (κ3) is 73.0. The third-order valence-corrected chi connectivity index (χ3v) is 17.4. The predicted molar refractivity (Wildman–Crippen MR) is 417 cm³/mol. The van der Waals surface area contributed by atoms with Gasteiger partial charge in [0.1, 0.15) is 19.3 Å². The average molecular weight is 1470 g/mol. The van der Waals surface area contributed by atoms with Crippen molar-refractivity contribution in [2.45, 2.75) is 303 Å². The Kier molecular flexibility index (Phi) is 70.1. The molecule has 0 rings (SSSR count). The lowest BCUT2D eigenvalue weighted by Gasteiger charge is -2.21. The molecule has 0 spiro atoms. The molecule has 5 atom stereocenters. The van der Waals surface area contributed by atoms with E-state index in [0.29, 0.717) is 32.1 Å². The Morgan fingerprint density at radius 1 is 0.284 bits per heavy atom. The number of unbranched alkanes of at least 4 members (excludes halogenated alkanes) is 19. The van der Waals surface area contributed by atoms with Gasteiger partial charge in [0.05, 0.1) is 26.4 Å². The summed E-state index contributed by atoms with van der Waals surface area (Å²) in [5.41, 5.74) is 0. The van der Waals surface area contributed by atoms with Crippen molar-refractivity contribution in [3.05, 3.63) is 158 Å². The molecule has 0 aliphatic rings. The van der Waals surface area contributed by atoms with Crippen molar-refractivity contribution >= 4 is 39.5 Å². The lowest BCUT2D eigenvalue weighted by molar-refractivity contribution is -0.161. The van der Waals surface area contributed by atoms with E-state index in [1.807, 2.05) is 18.2 Å². The third-order valence-electron chi connectivity index (χ3n) is 15.5. The van der Waals surface area contributed by atoms with E-state index in [2.05, 4.69) is 167 Å². The number of allylic oxidation sites excluding steroid dienone is 26. The summed E-state index contributed by atoms with van der Waals surface area (Å²) in [5, 5.41) is 10.6. The standard InChI is InChI=1S/C83H136O17P2/c1-5-9-13-17-21-25-29-32-35-37-38-40-43-45-49-52-56-60-64-68-80(85)93-73-78(99-82(87)69-65-61-57-53-47-28-24-20-16-12-8-4)75-97-101(89,90)95-71-77(84)72-96-102(91,92)98-76-79(100-83(88)70-66-62-58-54-50-46-41-34-31-27-23-19-15-11-7-3)74-94-81(86)67-63-59-55-51-48-44-42-39-36-33-30-26-22-18-14-10-6-2/h9-11,13-15,20-27,32-36,38,40-41,45,49,56,60,77-79,84H,5-8,12,16-19,28-31,37,39,42-44,46-48,50-55,57-59,61-76H2,1-4H3,(H,89,90)(H,91,92)/b13-9-,14-10-,15-11-,24-20-,25-21-,26-22-,27-23-,35-32-,36-33-,40-38-,41-34-,49-45-,60-56-. The quantitative estimate of drug-likeness (QED) is 0.0169. The van der Waals surface area contributed by atoms with Crippen LogP contribution >= 0.6 is 15.6 Å². The topological polar surface area (TPSA) is 237 Å². The maximum atomic E-state index is 13.1. The van der Waals surface area contributed by atoms with E-state index >= 15 is 0 Å². The summed E-state index contributed by atoms with van der Waals surface area (Å²) in [6.45, 7) is 4.35. The minimum atomic E-state index is -5.00. The summed E-state index contributed by atoms with van der Waals surface area (Å²) in [5.74, 6) is -2.32. The normalized spacial score (nSPS) is 14.8. The van der Waals surface area contributed by atoms with Crippen LogP contribution in [0.15, 0.2) is 158 Å². The van der Waals surface area contributed by atoms with E-state index in [9.17, 15) is 43.2 Å². The molecule has 0 radical (unpaired) electrons. The first-order valence-corrected chi connectivity index (χ1v) is 41.7. The van der Waals surface area contributed by atoms with E-state index in [4.69, 9.17) is 37.0 Å². The molecule has 0 aromatic heterocycles. The molecule has 17 nitrogen and oxygen atoms in total. The fraction of sp³-hybridized carbons (Fsp3) is 0.639. The monoisotopic (exact) mass is 1470 g/mol. The predicted octanol–water partition coefficient (Wildman–Crippen LogP) is 22.4. The zero-order valence-electron chi connectivity index (χ0n) is 63.2. The number of aliphatic hydroxyl groups excluding tert-OH is 1. The number of esters is 4. The van der Waals surface area contributed by atoms with Gasteiger partial charge in [-0.25, -0.2) is 9.13 Å². The molecule has 0 aliphatic heterocycles. The molecule has 0 heterocycles. The van der Waals surface area contributed by atoms with Crippen LogP contribution < -0.4 is 0 Å². The van der Waals surface area contributed by atoms with Gasteiger partial charge in [-0.05, 0) is 148 Å². The molecule has 580 valence electrons. The van der Waals surface area contributed by atoms with Gasteiger partial charge in [0.15, 0.2) is 12.2 Å². The number of rotatable bonds is 71. The second-order valence-electron chi connectivity index (χ2n) is 25.1. The highest BCUT2D eigenvalue weighted by molar-refractivity contribution is 7.47. The van der Waals surface area contributed by atoms with Crippen LogP contribution in [0.5, 0.6) is 0 Å². The van der Waals surface area contributed by atoms with Gasteiger partial charge in [-0.15, -0.1) is 0 Å². The largest absolute Gasteiger partial charge is 0.472 e. The van der Waals surface area contributed by atoms with Crippen molar-refractivity contribution in [1.82, 2.24) is 0 Å². The molecule has 0 saturated heterocycles. The van der Waals surface area contributed by atoms with Crippen LogP contribution in [-0.2, 0) is 65.4 Å². The van der Waals surface area contributed by atoms with Crippen molar-refractivity contribution in [3.63, 3.8) is 0 Å². The highest BCUT2D eigenvalue weighted by Crippen LogP contribution is 2.45. The Bertz CT molecular complexity index is 2550. The van der Waals surface area contributed by atoms with Crippen molar-refractivity contribution in [1.29, 1.82) is 0 Å². The second-order valence-corrected chi connectivity index (χ2v) is 28.1. The van der Waals surface area contributed by atoms with E-state index < -0.39 is 97.5 Å². The minimum absolute atomic E-state index is 0.0300. The maximum Gasteiger partial charge on any atom is 0.472 e.